The zero-order valence-corrected chi connectivity index (χ0v) is 14.6. The van der Waals surface area contributed by atoms with Gasteiger partial charge in [0.05, 0.1) is 6.21 Å². The fourth-order valence-electron chi connectivity index (χ4n) is 1.75. The lowest BCUT2D eigenvalue weighted by Crippen LogP contribution is -2.34. The third-order valence-electron chi connectivity index (χ3n) is 2.99. The van der Waals surface area contributed by atoms with Gasteiger partial charge in [-0.15, -0.1) is 0 Å². The number of nitrogens with zero attached hydrogens (tertiary/aromatic N) is 1. The van der Waals surface area contributed by atoms with Crippen molar-refractivity contribution in [2.24, 2.45) is 5.10 Å². The molecule has 120 valence electrons. The van der Waals surface area contributed by atoms with Gasteiger partial charge in [-0.1, -0.05) is 27.5 Å². The van der Waals surface area contributed by atoms with Crippen molar-refractivity contribution in [2.45, 2.75) is 13.0 Å². The fraction of sp³-hybridized carbons (Fsp3) is 0.125. The molecule has 7 heteroatoms. The highest BCUT2D eigenvalue weighted by Crippen LogP contribution is 2.19. The predicted octanol–water partition coefficient (Wildman–Crippen LogP) is 3.76. The molecule has 1 amide bonds. The first-order valence-corrected chi connectivity index (χ1v) is 7.96. The van der Waals surface area contributed by atoms with Crippen molar-refractivity contribution in [3.63, 3.8) is 0 Å². The molecule has 0 bridgehead atoms. The predicted molar refractivity (Wildman–Crippen MR) is 96.1 cm³/mol. The van der Waals surface area contributed by atoms with E-state index >= 15 is 0 Å². The largest absolute Gasteiger partial charge is 0.507 e. The van der Waals surface area contributed by atoms with Crippen LogP contribution in [-0.2, 0) is 4.79 Å². The van der Waals surface area contributed by atoms with E-state index in [4.69, 9.17) is 11.6 Å². The Hall–Kier alpha value is -2.05. The number of hydrogen-bond donors (Lipinski definition) is 3. The summed E-state index contributed by atoms with van der Waals surface area (Å²) in [5.41, 5.74) is 3.66. The van der Waals surface area contributed by atoms with Gasteiger partial charge in [-0.05, 0) is 49.4 Å². The second-order valence-electron chi connectivity index (χ2n) is 4.81. The average Bonchev–Trinajstić information content (AvgIpc) is 2.52. The molecule has 5 nitrogen and oxygen atoms in total. The van der Waals surface area contributed by atoms with Crippen LogP contribution in [0.25, 0.3) is 0 Å². The molecule has 0 fully saturated rings. The van der Waals surface area contributed by atoms with Crippen LogP contribution in [0.3, 0.4) is 0 Å². The molecule has 0 aromatic heterocycles. The summed E-state index contributed by atoms with van der Waals surface area (Å²) in [7, 11) is 0. The molecule has 0 spiro atoms. The van der Waals surface area contributed by atoms with Crippen LogP contribution >= 0.6 is 27.5 Å². The van der Waals surface area contributed by atoms with E-state index in [1.165, 1.54) is 12.3 Å². The molecule has 1 atom stereocenters. The Bertz CT molecular complexity index is 720. The van der Waals surface area contributed by atoms with Gasteiger partial charge < -0.3 is 10.4 Å². The summed E-state index contributed by atoms with van der Waals surface area (Å²) in [6.45, 7) is 1.73. The van der Waals surface area contributed by atoms with Crippen molar-refractivity contribution in [2.75, 3.05) is 5.32 Å². The van der Waals surface area contributed by atoms with E-state index < -0.39 is 6.04 Å². The summed E-state index contributed by atoms with van der Waals surface area (Å²) in [4.78, 5) is 12.0. The smallest absolute Gasteiger partial charge is 0.262 e. The van der Waals surface area contributed by atoms with Gasteiger partial charge in [0.2, 0.25) is 0 Å². The van der Waals surface area contributed by atoms with Crippen LogP contribution in [0, 0.1) is 0 Å². The Morgan fingerprint density at radius 3 is 2.70 bits per heavy atom. The molecule has 0 saturated heterocycles. The van der Waals surface area contributed by atoms with Crippen LogP contribution in [-0.4, -0.2) is 23.3 Å². The van der Waals surface area contributed by atoms with Crippen LogP contribution in [0.5, 0.6) is 5.75 Å². The van der Waals surface area contributed by atoms with Gasteiger partial charge in [-0.3, -0.25) is 4.79 Å². The van der Waals surface area contributed by atoms with Crippen LogP contribution in [0.15, 0.2) is 52.0 Å². The highest BCUT2D eigenvalue weighted by molar-refractivity contribution is 9.10. The van der Waals surface area contributed by atoms with Crippen LogP contribution < -0.4 is 10.7 Å². The second kappa shape index (κ2) is 7.99. The van der Waals surface area contributed by atoms with Crippen LogP contribution in [0.4, 0.5) is 5.69 Å². The maximum atomic E-state index is 12.0. The van der Waals surface area contributed by atoms with E-state index in [-0.39, 0.29) is 11.7 Å². The minimum Gasteiger partial charge on any atom is -0.507 e. The number of amides is 1. The normalized spacial score (nSPS) is 12.1. The van der Waals surface area contributed by atoms with E-state index in [1.54, 1.807) is 19.1 Å². The molecule has 0 heterocycles. The van der Waals surface area contributed by atoms with Gasteiger partial charge in [0.25, 0.3) is 5.91 Å². The van der Waals surface area contributed by atoms with E-state index in [0.717, 1.165) is 10.2 Å². The number of phenols is 1. The molecule has 0 aliphatic carbocycles. The number of rotatable bonds is 5. The van der Waals surface area contributed by atoms with Crippen LogP contribution in [0.2, 0.25) is 5.02 Å². The highest BCUT2D eigenvalue weighted by Gasteiger charge is 2.11. The van der Waals surface area contributed by atoms with Crippen molar-refractivity contribution in [1.82, 2.24) is 5.43 Å². The van der Waals surface area contributed by atoms with Gasteiger partial charge >= 0.3 is 0 Å². The topological polar surface area (TPSA) is 73.7 Å². The van der Waals surface area contributed by atoms with Gasteiger partial charge in [-0.2, -0.15) is 5.10 Å². The molecular formula is C16H15BrClN3O2. The average molecular weight is 397 g/mol. The third kappa shape index (κ3) is 5.26. The van der Waals surface area contributed by atoms with Crippen molar-refractivity contribution < 1.29 is 9.90 Å². The lowest BCUT2D eigenvalue weighted by molar-refractivity contribution is -0.121. The monoisotopic (exact) mass is 395 g/mol. The molecular weight excluding hydrogens is 382 g/mol. The minimum atomic E-state index is -0.471. The minimum absolute atomic E-state index is 0.0356. The molecule has 23 heavy (non-hydrogen) atoms. The number of nitrogens with one attached hydrogen (secondary N) is 2. The summed E-state index contributed by atoms with van der Waals surface area (Å²) >= 11 is 9.19. The molecule has 2 aromatic rings. The Labute approximate surface area is 147 Å². The van der Waals surface area contributed by atoms with Gasteiger partial charge in [0.1, 0.15) is 11.8 Å². The Balaban J connectivity index is 1.92. The lowest BCUT2D eigenvalue weighted by atomic mass is 10.2. The summed E-state index contributed by atoms with van der Waals surface area (Å²) in [6, 6.07) is 11.6. The van der Waals surface area contributed by atoms with Crippen molar-refractivity contribution >= 4 is 45.3 Å². The zero-order valence-electron chi connectivity index (χ0n) is 12.3. The quantitative estimate of drug-likeness (QED) is 0.532. The SMILES string of the molecule is CC(Nc1ccc(Br)cc1)C(=O)N/N=C/c1cc(Cl)ccc1O. The second-order valence-corrected chi connectivity index (χ2v) is 6.16. The number of benzene rings is 2. The summed E-state index contributed by atoms with van der Waals surface area (Å²) in [5, 5.41) is 17.0. The lowest BCUT2D eigenvalue weighted by Gasteiger charge is -2.13. The summed E-state index contributed by atoms with van der Waals surface area (Å²) in [6.07, 6.45) is 1.34. The van der Waals surface area contributed by atoms with E-state index in [9.17, 15) is 9.90 Å². The zero-order chi connectivity index (χ0) is 16.8. The van der Waals surface area contributed by atoms with Gasteiger partial charge in [0.15, 0.2) is 0 Å². The number of hydrogen-bond acceptors (Lipinski definition) is 4. The summed E-state index contributed by atoms with van der Waals surface area (Å²) < 4.78 is 0.964. The maximum Gasteiger partial charge on any atom is 0.262 e. The Morgan fingerprint density at radius 1 is 1.30 bits per heavy atom. The molecule has 0 aliphatic rings. The van der Waals surface area contributed by atoms with E-state index in [1.807, 2.05) is 24.3 Å². The number of carbonyl (C=O) groups is 1. The standard InChI is InChI=1S/C16H15BrClN3O2/c1-10(20-14-5-2-12(17)3-6-14)16(23)21-19-9-11-8-13(18)4-7-15(11)22/h2-10,20,22H,1H3,(H,21,23)/b19-9+. The first-order chi connectivity index (χ1) is 11.0. The Morgan fingerprint density at radius 2 is 2.00 bits per heavy atom. The number of halogens is 2. The number of carbonyl (C=O) groups excluding carboxylic acids is 1. The van der Waals surface area contributed by atoms with Crippen molar-refractivity contribution in [3.8, 4) is 5.75 Å². The molecule has 2 aromatic carbocycles. The van der Waals surface area contributed by atoms with Gasteiger partial charge in [0, 0.05) is 20.7 Å². The number of anilines is 1. The van der Waals surface area contributed by atoms with Crippen LogP contribution in [0.1, 0.15) is 12.5 Å². The number of phenolic OH excluding ortho intramolecular Hbond substituents is 1. The maximum absolute atomic E-state index is 12.0. The highest BCUT2D eigenvalue weighted by atomic mass is 79.9. The molecule has 3 N–H and O–H groups in total. The molecule has 0 aliphatic heterocycles. The first kappa shape index (κ1) is 17.3. The fourth-order valence-corrected chi connectivity index (χ4v) is 2.20. The van der Waals surface area contributed by atoms with Gasteiger partial charge in [-0.25, -0.2) is 5.43 Å². The number of hydrazone groups is 1. The summed E-state index contributed by atoms with van der Waals surface area (Å²) in [5.74, 6) is -0.265. The third-order valence-corrected chi connectivity index (χ3v) is 3.75. The van der Waals surface area contributed by atoms with Crippen molar-refractivity contribution in [3.05, 3.63) is 57.5 Å². The van der Waals surface area contributed by atoms with E-state index in [2.05, 4.69) is 31.8 Å². The van der Waals surface area contributed by atoms with E-state index in [0.29, 0.717) is 10.6 Å². The van der Waals surface area contributed by atoms with Crippen molar-refractivity contribution in [1.29, 1.82) is 0 Å². The molecule has 2 rings (SSSR count). The first-order valence-electron chi connectivity index (χ1n) is 6.79. The Kier molecular flexibility index (Phi) is 6.01. The molecule has 0 radical (unpaired) electrons. The molecule has 1 unspecified atom stereocenters. The molecule has 0 saturated carbocycles. The number of aromatic hydroxyl groups is 1.